The Kier molecular flexibility index (Phi) is 5.60. The predicted molar refractivity (Wildman–Crippen MR) is 94.9 cm³/mol. The molecule has 2 amide bonds. The molecule has 0 radical (unpaired) electrons. The van der Waals surface area contributed by atoms with E-state index in [1.165, 1.54) is 0 Å². The molecule has 3 rings (SSSR count). The van der Waals surface area contributed by atoms with Crippen LogP contribution in [0.5, 0.6) is 0 Å². The Hall–Kier alpha value is -1.76. The lowest BCUT2D eigenvalue weighted by Gasteiger charge is -2.21. The molecular formula is C16H18Cl2N4O2. The number of benzene rings is 1. The van der Waals surface area contributed by atoms with Gasteiger partial charge in [0.1, 0.15) is 0 Å². The highest BCUT2D eigenvalue weighted by atomic mass is 35.5. The molecule has 128 valence electrons. The molecule has 2 aromatic rings. The van der Waals surface area contributed by atoms with E-state index >= 15 is 0 Å². The number of ether oxygens (including phenoxy) is 1. The Balaban J connectivity index is 1.53. The Bertz CT molecular complexity index is 714. The number of hydrogen-bond donors (Lipinski definition) is 2. The Labute approximate surface area is 150 Å². The van der Waals surface area contributed by atoms with Crippen molar-refractivity contribution in [3.8, 4) is 0 Å². The van der Waals surface area contributed by atoms with E-state index in [4.69, 9.17) is 27.9 Å². The first kappa shape index (κ1) is 17.1. The van der Waals surface area contributed by atoms with Crippen LogP contribution in [0.4, 0.5) is 16.2 Å². The molecule has 1 saturated heterocycles. The first-order valence-corrected chi connectivity index (χ1v) is 8.49. The lowest BCUT2D eigenvalue weighted by Crippen LogP contribution is -2.21. The first-order chi connectivity index (χ1) is 11.6. The van der Waals surface area contributed by atoms with E-state index in [9.17, 15) is 4.79 Å². The van der Waals surface area contributed by atoms with E-state index in [0.29, 0.717) is 27.3 Å². The largest absolute Gasteiger partial charge is 0.381 e. The summed E-state index contributed by atoms with van der Waals surface area (Å²) in [5.74, 6) is 0.566. The number of rotatable bonds is 4. The molecular weight excluding hydrogens is 351 g/mol. The van der Waals surface area contributed by atoms with Crippen LogP contribution in [0.15, 0.2) is 30.6 Å². The van der Waals surface area contributed by atoms with Crippen molar-refractivity contribution in [2.24, 2.45) is 5.92 Å². The number of aromatic nitrogens is 2. The van der Waals surface area contributed by atoms with Crippen LogP contribution in [0.1, 0.15) is 12.8 Å². The number of nitrogens with one attached hydrogen (secondary N) is 2. The Morgan fingerprint density at radius 2 is 1.96 bits per heavy atom. The summed E-state index contributed by atoms with van der Waals surface area (Å²) in [4.78, 5) is 12.0. The van der Waals surface area contributed by atoms with Crippen LogP contribution in [0.3, 0.4) is 0 Å². The minimum atomic E-state index is -0.362. The molecule has 0 bridgehead atoms. The van der Waals surface area contributed by atoms with Gasteiger partial charge in [-0.25, -0.2) is 4.79 Å². The van der Waals surface area contributed by atoms with Crippen LogP contribution in [0.2, 0.25) is 10.0 Å². The third kappa shape index (κ3) is 4.63. The highest BCUT2D eigenvalue weighted by Crippen LogP contribution is 2.25. The molecule has 0 aliphatic carbocycles. The van der Waals surface area contributed by atoms with Gasteiger partial charge in [0, 0.05) is 31.6 Å². The number of carbonyl (C=O) groups excluding carboxylic acids is 1. The molecule has 2 heterocycles. The number of hydrogen-bond acceptors (Lipinski definition) is 3. The van der Waals surface area contributed by atoms with Crippen molar-refractivity contribution in [2.75, 3.05) is 23.8 Å². The SMILES string of the molecule is O=C(Nc1ccc(Cl)c(Cl)c1)Nc1cnn(CC2CCOCC2)c1. The van der Waals surface area contributed by atoms with Crippen LogP contribution in [0, 0.1) is 5.92 Å². The van der Waals surface area contributed by atoms with Crippen molar-refractivity contribution in [2.45, 2.75) is 19.4 Å². The van der Waals surface area contributed by atoms with Gasteiger partial charge in [0.15, 0.2) is 0 Å². The average molecular weight is 369 g/mol. The summed E-state index contributed by atoms with van der Waals surface area (Å²) in [7, 11) is 0. The maximum Gasteiger partial charge on any atom is 0.323 e. The van der Waals surface area contributed by atoms with E-state index in [1.807, 2.05) is 10.9 Å². The van der Waals surface area contributed by atoms with Gasteiger partial charge in [-0.05, 0) is 37.0 Å². The fraction of sp³-hybridized carbons (Fsp3) is 0.375. The van der Waals surface area contributed by atoms with Gasteiger partial charge in [0.2, 0.25) is 0 Å². The standard InChI is InChI=1S/C16H18Cl2N4O2/c17-14-2-1-12(7-15(14)18)20-16(23)21-13-8-19-22(10-13)9-11-3-5-24-6-4-11/h1-2,7-8,10-11H,3-6,9H2,(H2,20,21,23). The molecule has 0 spiro atoms. The Morgan fingerprint density at radius 1 is 1.21 bits per heavy atom. The van der Waals surface area contributed by atoms with Crippen molar-refractivity contribution >= 4 is 40.6 Å². The molecule has 1 aliphatic heterocycles. The average Bonchev–Trinajstić information content (AvgIpc) is 2.99. The van der Waals surface area contributed by atoms with Crippen molar-refractivity contribution in [3.05, 3.63) is 40.6 Å². The van der Waals surface area contributed by atoms with Crippen molar-refractivity contribution in [1.29, 1.82) is 0 Å². The Morgan fingerprint density at radius 3 is 2.71 bits per heavy atom. The van der Waals surface area contributed by atoms with E-state index < -0.39 is 0 Å². The van der Waals surface area contributed by atoms with Crippen LogP contribution < -0.4 is 10.6 Å². The second-order valence-corrected chi connectivity index (χ2v) is 6.53. The summed E-state index contributed by atoms with van der Waals surface area (Å²) in [6, 6.07) is 4.55. The minimum Gasteiger partial charge on any atom is -0.381 e. The molecule has 0 atom stereocenters. The fourth-order valence-electron chi connectivity index (χ4n) is 2.59. The van der Waals surface area contributed by atoms with E-state index in [0.717, 1.165) is 32.6 Å². The summed E-state index contributed by atoms with van der Waals surface area (Å²) >= 11 is 11.8. The normalized spacial score (nSPS) is 15.2. The van der Waals surface area contributed by atoms with Gasteiger partial charge in [-0.2, -0.15) is 5.10 Å². The molecule has 2 N–H and O–H groups in total. The summed E-state index contributed by atoms with van der Waals surface area (Å²) in [5, 5.41) is 10.6. The lowest BCUT2D eigenvalue weighted by atomic mass is 10.0. The number of halogens is 2. The zero-order chi connectivity index (χ0) is 16.9. The molecule has 1 aromatic carbocycles. The van der Waals surface area contributed by atoms with E-state index in [-0.39, 0.29) is 6.03 Å². The molecule has 24 heavy (non-hydrogen) atoms. The number of nitrogens with zero attached hydrogens (tertiary/aromatic N) is 2. The molecule has 1 aliphatic rings. The maximum absolute atomic E-state index is 12.0. The van der Waals surface area contributed by atoms with Crippen LogP contribution in [-0.4, -0.2) is 29.0 Å². The smallest absolute Gasteiger partial charge is 0.323 e. The van der Waals surface area contributed by atoms with E-state index in [1.54, 1.807) is 24.4 Å². The zero-order valence-electron chi connectivity index (χ0n) is 13.0. The van der Waals surface area contributed by atoms with Crippen LogP contribution >= 0.6 is 23.2 Å². The van der Waals surface area contributed by atoms with Gasteiger partial charge in [-0.3, -0.25) is 4.68 Å². The van der Waals surface area contributed by atoms with Crippen LogP contribution in [0.25, 0.3) is 0 Å². The van der Waals surface area contributed by atoms with Gasteiger partial charge in [0.05, 0.1) is 21.9 Å². The molecule has 0 unspecified atom stereocenters. The number of amides is 2. The number of urea groups is 1. The van der Waals surface area contributed by atoms with Gasteiger partial charge in [-0.15, -0.1) is 0 Å². The summed E-state index contributed by atoms with van der Waals surface area (Å²) in [5.41, 5.74) is 1.20. The topological polar surface area (TPSA) is 68.2 Å². The summed E-state index contributed by atoms with van der Waals surface area (Å²) in [6.45, 7) is 2.45. The first-order valence-electron chi connectivity index (χ1n) is 7.73. The fourth-order valence-corrected chi connectivity index (χ4v) is 2.89. The summed E-state index contributed by atoms with van der Waals surface area (Å²) in [6.07, 6.45) is 5.54. The third-order valence-corrected chi connectivity index (χ3v) is 4.59. The monoisotopic (exact) mass is 368 g/mol. The molecule has 6 nitrogen and oxygen atoms in total. The van der Waals surface area contributed by atoms with Gasteiger partial charge in [0.25, 0.3) is 0 Å². The summed E-state index contributed by atoms with van der Waals surface area (Å²) < 4.78 is 7.21. The lowest BCUT2D eigenvalue weighted by molar-refractivity contribution is 0.0601. The van der Waals surface area contributed by atoms with Crippen molar-refractivity contribution < 1.29 is 9.53 Å². The number of carbonyl (C=O) groups is 1. The molecule has 0 saturated carbocycles. The second-order valence-electron chi connectivity index (χ2n) is 5.71. The van der Waals surface area contributed by atoms with Crippen LogP contribution in [-0.2, 0) is 11.3 Å². The van der Waals surface area contributed by atoms with Crippen molar-refractivity contribution in [1.82, 2.24) is 9.78 Å². The maximum atomic E-state index is 12.0. The molecule has 1 aromatic heterocycles. The van der Waals surface area contributed by atoms with Gasteiger partial charge in [-0.1, -0.05) is 23.2 Å². The minimum absolute atomic E-state index is 0.362. The van der Waals surface area contributed by atoms with Gasteiger partial charge < -0.3 is 15.4 Å². The quantitative estimate of drug-likeness (QED) is 0.846. The predicted octanol–water partition coefficient (Wildman–Crippen LogP) is 4.26. The highest BCUT2D eigenvalue weighted by Gasteiger charge is 2.15. The van der Waals surface area contributed by atoms with Crippen molar-refractivity contribution in [3.63, 3.8) is 0 Å². The zero-order valence-corrected chi connectivity index (χ0v) is 14.5. The number of anilines is 2. The van der Waals surface area contributed by atoms with E-state index in [2.05, 4.69) is 15.7 Å². The second kappa shape index (κ2) is 7.88. The third-order valence-electron chi connectivity index (χ3n) is 3.85. The highest BCUT2D eigenvalue weighted by molar-refractivity contribution is 6.42. The molecule has 8 heteroatoms. The van der Waals surface area contributed by atoms with Gasteiger partial charge >= 0.3 is 6.03 Å². The molecule has 1 fully saturated rings.